The molecule has 5 aliphatic rings. The lowest BCUT2D eigenvalue weighted by atomic mass is 9.63. The standard InChI is InChI=1S/C52H41NO2/c1-31-13-21-39-42(29-31)50-41(23-26-51(55-50,36-9-3-2-4-10-36)37-18-16-32(17-19-37)33-24-27-54-28-25-33)49-48(39)40-22-20-38(53)30-45(40)52(49)43-11-5-7-34-14-15-35-8-6-12-44(52)47(35)46(34)43/h2-23,26,29,33,45H,24-25,27-28,30,53H2,1H3. The minimum atomic E-state index is -0.824. The zero-order valence-electron chi connectivity index (χ0n) is 30.9. The molecular formula is C52H41NO2. The van der Waals surface area contributed by atoms with Crippen molar-refractivity contribution in [2.75, 3.05) is 13.2 Å². The molecule has 1 fully saturated rings. The first-order chi connectivity index (χ1) is 27.1. The molecule has 55 heavy (non-hydrogen) atoms. The summed E-state index contributed by atoms with van der Waals surface area (Å²) in [5.41, 5.74) is 19.3. The van der Waals surface area contributed by atoms with E-state index in [2.05, 4.69) is 153 Å². The lowest BCUT2D eigenvalue weighted by molar-refractivity contribution is 0.0853. The molecule has 1 saturated heterocycles. The number of hydrogen-bond acceptors (Lipinski definition) is 3. The fourth-order valence-electron chi connectivity index (χ4n) is 11.3. The molecule has 1 spiro atoms. The summed E-state index contributed by atoms with van der Waals surface area (Å²) in [5.74, 6) is 1.61. The lowest BCUT2D eigenvalue weighted by Crippen LogP contribution is -2.37. The minimum Gasteiger partial charge on any atom is -0.472 e. The Morgan fingerprint density at radius 3 is 2.13 bits per heavy atom. The maximum Gasteiger partial charge on any atom is 0.178 e. The summed E-state index contributed by atoms with van der Waals surface area (Å²) in [6, 6.07) is 45.5. The van der Waals surface area contributed by atoms with Crippen LogP contribution in [0.15, 0.2) is 145 Å². The van der Waals surface area contributed by atoms with Crippen molar-refractivity contribution in [1.29, 1.82) is 0 Å². The Hall–Kier alpha value is -5.90. The predicted molar refractivity (Wildman–Crippen MR) is 224 cm³/mol. The van der Waals surface area contributed by atoms with E-state index in [-0.39, 0.29) is 5.92 Å². The van der Waals surface area contributed by atoms with Gasteiger partial charge in [-0.3, -0.25) is 0 Å². The van der Waals surface area contributed by atoms with Crippen molar-refractivity contribution in [1.82, 2.24) is 0 Å². The Morgan fingerprint density at radius 1 is 0.691 bits per heavy atom. The molecule has 0 amide bonds. The molecule has 0 radical (unpaired) electrons. The fraction of sp³-hybridized carbons (Fsp3) is 0.192. The second-order valence-electron chi connectivity index (χ2n) is 16.4. The van der Waals surface area contributed by atoms with Crippen LogP contribution in [0.2, 0.25) is 0 Å². The quantitative estimate of drug-likeness (QED) is 0.186. The Kier molecular flexibility index (Phi) is 6.47. The van der Waals surface area contributed by atoms with Crippen molar-refractivity contribution in [3.63, 3.8) is 0 Å². The van der Waals surface area contributed by atoms with Gasteiger partial charge < -0.3 is 15.2 Å². The third-order valence-corrected chi connectivity index (χ3v) is 13.7. The Bertz CT molecular complexity index is 2810. The Morgan fingerprint density at radius 2 is 1.40 bits per heavy atom. The second kappa shape index (κ2) is 11.3. The molecule has 266 valence electrons. The van der Waals surface area contributed by atoms with Crippen molar-refractivity contribution in [3.05, 3.63) is 195 Å². The van der Waals surface area contributed by atoms with Crippen LogP contribution in [0.4, 0.5) is 0 Å². The van der Waals surface area contributed by atoms with Gasteiger partial charge in [0.25, 0.3) is 0 Å². The van der Waals surface area contributed by atoms with E-state index < -0.39 is 11.0 Å². The highest BCUT2D eigenvalue weighted by Crippen LogP contribution is 2.68. The first kappa shape index (κ1) is 31.5. The average Bonchev–Trinajstić information content (AvgIpc) is 3.71. The van der Waals surface area contributed by atoms with Crippen LogP contribution in [0, 0.1) is 12.8 Å². The van der Waals surface area contributed by atoms with E-state index in [1.54, 1.807) is 0 Å². The van der Waals surface area contributed by atoms with Crippen LogP contribution in [0.3, 0.4) is 0 Å². The molecule has 3 heteroatoms. The Labute approximate surface area is 321 Å². The van der Waals surface area contributed by atoms with Crippen LogP contribution in [0.25, 0.3) is 44.0 Å². The van der Waals surface area contributed by atoms with Crippen molar-refractivity contribution in [2.45, 2.75) is 43.1 Å². The van der Waals surface area contributed by atoms with Gasteiger partial charge in [0.05, 0.1) is 5.41 Å². The molecular weight excluding hydrogens is 671 g/mol. The zero-order valence-corrected chi connectivity index (χ0v) is 30.9. The van der Waals surface area contributed by atoms with Gasteiger partial charge in [-0.1, -0.05) is 133 Å². The second-order valence-corrected chi connectivity index (χ2v) is 16.4. The van der Waals surface area contributed by atoms with E-state index in [0.29, 0.717) is 5.92 Å². The molecule has 0 saturated carbocycles. The topological polar surface area (TPSA) is 44.5 Å². The smallest absolute Gasteiger partial charge is 0.178 e. The summed E-state index contributed by atoms with van der Waals surface area (Å²) >= 11 is 0. The molecule has 2 N–H and O–H groups in total. The normalized spacial score (nSPS) is 21.8. The number of allylic oxidation sites excluding steroid dienone is 4. The van der Waals surface area contributed by atoms with E-state index in [0.717, 1.165) is 60.4 Å². The summed E-state index contributed by atoms with van der Waals surface area (Å²) < 4.78 is 13.5. The molecule has 0 bridgehead atoms. The maximum absolute atomic E-state index is 7.81. The Balaban J connectivity index is 1.17. The minimum absolute atomic E-state index is 0.138. The maximum atomic E-state index is 7.81. The number of benzene rings is 7. The molecule has 2 unspecified atom stereocenters. The SMILES string of the molecule is Cc1ccc2c3c(c4c(c2c1)OC(c1ccccc1)(c1ccc(C2CCOCC2)cc1)C=C4)C1(c2cccc4ccc5cccc1c5c24)C1CC(N)=CC=C31. The molecule has 0 aromatic heterocycles. The molecule has 3 aliphatic carbocycles. The van der Waals surface area contributed by atoms with Crippen molar-refractivity contribution in [2.24, 2.45) is 11.7 Å². The van der Waals surface area contributed by atoms with Crippen LogP contribution < -0.4 is 10.5 Å². The summed E-state index contributed by atoms with van der Waals surface area (Å²) in [7, 11) is 0. The number of aryl methyl sites for hydroxylation is 1. The van der Waals surface area contributed by atoms with Crippen molar-refractivity contribution < 1.29 is 9.47 Å². The van der Waals surface area contributed by atoms with Crippen LogP contribution in [0.5, 0.6) is 5.75 Å². The van der Waals surface area contributed by atoms with Gasteiger partial charge in [0, 0.05) is 46.9 Å². The van der Waals surface area contributed by atoms with Crippen LogP contribution in [0.1, 0.15) is 75.3 Å². The molecule has 12 rings (SSSR count). The number of hydrogen-bond donors (Lipinski definition) is 1. The summed E-state index contributed by atoms with van der Waals surface area (Å²) in [6.07, 6.45) is 12.2. The molecule has 2 heterocycles. The summed E-state index contributed by atoms with van der Waals surface area (Å²) in [5, 5.41) is 7.72. The van der Waals surface area contributed by atoms with Gasteiger partial charge >= 0.3 is 0 Å². The van der Waals surface area contributed by atoms with Crippen LogP contribution in [-0.2, 0) is 15.8 Å². The van der Waals surface area contributed by atoms with E-state index in [1.807, 2.05) is 0 Å². The van der Waals surface area contributed by atoms with E-state index in [4.69, 9.17) is 15.2 Å². The summed E-state index contributed by atoms with van der Waals surface area (Å²) in [6.45, 7) is 3.85. The highest BCUT2D eigenvalue weighted by Gasteiger charge is 2.58. The average molecular weight is 712 g/mol. The summed E-state index contributed by atoms with van der Waals surface area (Å²) in [4.78, 5) is 0. The number of fused-ring (bicyclic) bond motifs is 12. The largest absolute Gasteiger partial charge is 0.472 e. The zero-order chi connectivity index (χ0) is 36.5. The number of rotatable bonds is 3. The third kappa shape index (κ3) is 4.09. The van der Waals surface area contributed by atoms with Gasteiger partial charge in [-0.15, -0.1) is 0 Å². The lowest BCUT2D eigenvalue weighted by Gasteiger charge is -2.41. The van der Waals surface area contributed by atoms with Crippen LogP contribution in [-0.4, -0.2) is 13.2 Å². The fourth-order valence-corrected chi connectivity index (χ4v) is 11.3. The monoisotopic (exact) mass is 711 g/mol. The third-order valence-electron chi connectivity index (χ3n) is 13.7. The van der Waals surface area contributed by atoms with E-state index in [1.165, 1.54) is 71.4 Å². The molecule has 3 nitrogen and oxygen atoms in total. The van der Waals surface area contributed by atoms with Crippen LogP contribution >= 0.6 is 0 Å². The van der Waals surface area contributed by atoms with E-state index in [9.17, 15) is 0 Å². The van der Waals surface area contributed by atoms with Gasteiger partial charge in [-0.05, 0) is 111 Å². The highest BCUT2D eigenvalue weighted by molar-refractivity contribution is 6.18. The van der Waals surface area contributed by atoms with Gasteiger partial charge in [0.2, 0.25) is 0 Å². The van der Waals surface area contributed by atoms with Gasteiger partial charge in [0.15, 0.2) is 5.60 Å². The molecule has 2 atom stereocenters. The van der Waals surface area contributed by atoms with Crippen molar-refractivity contribution in [3.8, 4) is 5.75 Å². The first-order valence-corrected chi connectivity index (χ1v) is 19.9. The molecule has 7 aromatic rings. The van der Waals surface area contributed by atoms with Crippen molar-refractivity contribution >= 4 is 44.0 Å². The number of nitrogens with two attached hydrogens (primary N) is 1. The van der Waals surface area contributed by atoms with Gasteiger partial charge in [-0.2, -0.15) is 0 Å². The van der Waals surface area contributed by atoms with E-state index >= 15 is 0 Å². The van der Waals surface area contributed by atoms with Gasteiger partial charge in [0.1, 0.15) is 5.75 Å². The van der Waals surface area contributed by atoms with Gasteiger partial charge in [-0.25, -0.2) is 0 Å². The molecule has 2 aliphatic heterocycles. The number of ether oxygens (including phenoxy) is 2. The predicted octanol–water partition coefficient (Wildman–Crippen LogP) is 11.6. The highest BCUT2D eigenvalue weighted by atomic mass is 16.5. The first-order valence-electron chi connectivity index (χ1n) is 19.9. The molecule has 7 aromatic carbocycles.